The van der Waals surface area contributed by atoms with E-state index in [1.807, 2.05) is 12.1 Å². The van der Waals surface area contributed by atoms with Gasteiger partial charge in [0.25, 0.3) is 0 Å². The lowest BCUT2D eigenvalue weighted by molar-refractivity contribution is -0.126. The van der Waals surface area contributed by atoms with Crippen LogP contribution < -0.4 is 5.73 Å². The molecule has 0 saturated heterocycles. The number of rotatable bonds is 5. The minimum Gasteiger partial charge on any atom is -0.383 e. The van der Waals surface area contributed by atoms with Crippen molar-refractivity contribution in [1.82, 2.24) is 0 Å². The van der Waals surface area contributed by atoms with E-state index in [1.165, 1.54) is 0 Å². The lowest BCUT2D eigenvalue weighted by Crippen LogP contribution is -2.28. The van der Waals surface area contributed by atoms with Crippen LogP contribution in [0.15, 0.2) is 29.2 Å². The number of hydrogen-bond acceptors (Lipinski definition) is 3. The van der Waals surface area contributed by atoms with Gasteiger partial charge < -0.3 is 10.8 Å². The quantitative estimate of drug-likeness (QED) is 0.776. The predicted octanol–water partition coefficient (Wildman–Crippen LogP) is 1.67. The van der Waals surface area contributed by atoms with Crippen LogP contribution in [0.5, 0.6) is 0 Å². The Bertz CT molecular complexity index is 329. The van der Waals surface area contributed by atoms with Gasteiger partial charge in [-0.25, -0.2) is 0 Å². The number of carbonyl (C=O) groups is 1. The third-order valence-corrected chi connectivity index (χ3v) is 3.10. The normalized spacial score (nSPS) is 12.4. The van der Waals surface area contributed by atoms with E-state index in [2.05, 4.69) is 0 Å². The summed E-state index contributed by atoms with van der Waals surface area (Å²) in [5.41, 5.74) is 4.92. The maximum atomic E-state index is 10.5. The molecule has 82 valence electrons. The molecule has 1 atom stereocenters. The van der Waals surface area contributed by atoms with Crippen LogP contribution in [0.2, 0.25) is 5.02 Å². The molecular weight excluding hydrogens is 234 g/mol. The average molecular weight is 246 g/mol. The van der Waals surface area contributed by atoms with Crippen molar-refractivity contribution in [1.29, 1.82) is 0 Å². The van der Waals surface area contributed by atoms with E-state index < -0.39 is 12.0 Å². The van der Waals surface area contributed by atoms with E-state index in [1.54, 1.807) is 23.9 Å². The molecule has 0 aliphatic rings. The van der Waals surface area contributed by atoms with E-state index in [9.17, 15) is 4.79 Å². The lowest BCUT2D eigenvalue weighted by Gasteiger charge is -2.05. The predicted molar refractivity (Wildman–Crippen MR) is 62.0 cm³/mol. The summed E-state index contributed by atoms with van der Waals surface area (Å²) < 4.78 is 0. The highest BCUT2D eigenvalue weighted by atomic mass is 35.5. The van der Waals surface area contributed by atoms with Gasteiger partial charge in [0.2, 0.25) is 5.91 Å². The van der Waals surface area contributed by atoms with Gasteiger partial charge in [-0.3, -0.25) is 4.79 Å². The molecule has 1 rings (SSSR count). The number of nitrogens with two attached hydrogens (primary N) is 1. The summed E-state index contributed by atoms with van der Waals surface area (Å²) in [4.78, 5) is 11.6. The van der Waals surface area contributed by atoms with E-state index in [0.717, 1.165) is 4.90 Å². The summed E-state index contributed by atoms with van der Waals surface area (Å²) in [7, 11) is 0. The Hall–Kier alpha value is -0.710. The Morgan fingerprint density at radius 2 is 2.07 bits per heavy atom. The topological polar surface area (TPSA) is 63.3 Å². The molecule has 5 heteroatoms. The fraction of sp³-hybridized carbons (Fsp3) is 0.300. The van der Waals surface area contributed by atoms with Crippen molar-refractivity contribution >= 4 is 29.3 Å². The maximum absolute atomic E-state index is 10.5. The standard InChI is InChI=1S/C10H12ClNO2S/c11-7-1-3-8(4-2-7)15-6-5-9(13)10(12)14/h1-4,9,13H,5-6H2,(H2,12,14). The molecule has 0 fully saturated rings. The molecule has 15 heavy (non-hydrogen) atoms. The molecule has 0 spiro atoms. The van der Waals surface area contributed by atoms with Crippen LogP contribution in [0.3, 0.4) is 0 Å². The molecule has 0 aliphatic carbocycles. The summed E-state index contributed by atoms with van der Waals surface area (Å²) in [5, 5.41) is 9.83. The minimum absolute atomic E-state index is 0.364. The van der Waals surface area contributed by atoms with Crippen molar-refractivity contribution in [2.45, 2.75) is 17.4 Å². The third kappa shape index (κ3) is 4.55. The molecule has 0 bridgehead atoms. The SMILES string of the molecule is NC(=O)C(O)CCSc1ccc(Cl)cc1. The third-order valence-electron chi connectivity index (χ3n) is 1.80. The van der Waals surface area contributed by atoms with Crippen molar-refractivity contribution in [3.05, 3.63) is 29.3 Å². The van der Waals surface area contributed by atoms with E-state index >= 15 is 0 Å². The Labute approximate surface area is 97.6 Å². The number of carbonyl (C=O) groups excluding carboxylic acids is 1. The number of aliphatic hydroxyl groups is 1. The molecule has 1 amide bonds. The Balaban J connectivity index is 2.32. The van der Waals surface area contributed by atoms with Crippen LogP contribution in [0.1, 0.15) is 6.42 Å². The summed E-state index contributed by atoms with van der Waals surface area (Å²) in [5.74, 6) is -0.0298. The smallest absolute Gasteiger partial charge is 0.246 e. The summed E-state index contributed by atoms with van der Waals surface area (Å²) >= 11 is 7.28. The molecule has 0 heterocycles. The van der Waals surface area contributed by atoms with Crippen LogP contribution in [0.4, 0.5) is 0 Å². The van der Waals surface area contributed by atoms with Crippen molar-refractivity contribution in [3.63, 3.8) is 0 Å². The zero-order valence-corrected chi connectivity index (χ0v) is 9.59. The van der Waals surface area contributed by atoms with Crippen LogP contribution in [-0.4, -0.2) is 22.9 Å². The fourth-order valence-electron chi connectivity index (χ4n) is 0.961. The second-order valence-electron chi connectivity index (χ2n) is 3.01. The average Bonchev–Trinajstić information content (AvgIpc) is 2.20. The van der Waals surface area contributed by atoms with Crippen molar-refractivity contribution in [2.24, 2.45) is 5.73 Å². The summed E-state index contributed by atoms with van der Waals surface area (Å²) in [6.07, 6.45) is -0.687. The Kier molecular flexibility index (Phi) is 4.94. The van der Waals surface area contributed by atoms with Crippen molar-refractivity contribution < 1.29 is 9.90 Å². The van der Waals surface area contributed by atoms with Gasteiger partial charge in [0.1, 0.15) is 6.10 Å². The van der Waals surface area contributed by atoms with Gasteiger partial charge in [-0.15, -0.1) is 11.8 Å². The van der Waals surface area contributed by atoms with Crippen molar-refractivity contribution in [3.8, 4) is 0 Å². The molecule has 0 saturated carbocycles. The molecule has 3 nitrogen and oxygen atoms in total. The molecule has 0 radical (unpaired) electrons. The van der Waals surface area contributed by atoms with Crippen LogP contribution in [0.25, 0.3) is 0 Å². The van der Waals surface area contributed by atoms with Gasteiger partial charge in [-0.1, -0.05) is 11.6 Å². The number of halogens is 1. The van der Waals surface area contributed by atoms with Crippen LogP contribution in [0, 0.1) is 0 Å². The fourth-order valence-corrected chi connectivity index (χ4v) is 1.99. The van der Waals surface area contributed by atoms with E-state index in [-0.39, 0.29) is 0 Å². The number of thioether (sulfide) groups is 1. The maximum Gasteiger partial charge on any atom is 0.246 e. The highest BCUT2D eigenvalue weighted by molar-refractivity contribution is 7.99. The van der Waals surface area contributed by atoms with E-state index in [0.29, 0.717) is 17.2 Å². The van der Waals surface area contributed by atoms with Gasteiger partial charge in [0.05, 0.1) is 0 Å². The summed E-state index contributed by atoms with van der Waals surface area (Å²) in [6, 6.07) is 7.39. The molecule has 1 aromatic rings. The summed E-state index contributed by atoms with van der Waals surface area (Å²) in [6.45, 7) is 0. The zero-order chi connectivity index (χ0) is 11.3. The van der Waals surface area contributed by atoms with Gasteiger partial charge in [-0.05, 0) is 30.7 Å². The second kappa shape index (κ2) is 6.00. The largest absolute Gasteiger partial charge is 0.383 e. The first kappa shape index (κ1) is 12.4. The molecule has 0 aromatic heterocycles. The van der Waals surface area contributed by atoms with Crippen LogP contribution >= 0.6 is 23.4 Å². The molecule has 1 aromatic carbocycles. The number of primary amides is 1. The van der Waals surface area contributed by atoms with Gasteiger partial charge in [-0.2, -0.15) is 0 Å². The highest BCUT2D eigenvalue weighted by Crippen LogP contribution is 2.21. The molecular formula is C10H12ClNO2S. The second-order valence-corrected chi connectivity index (χ2v) is 4.61. The Morgan fingerprint density at radius 3 is 2.60 bits per heavy atom. The molecule has 0 aliphatic heterocycles. The van der Waals surface area contributed by atoms with Gasteiger partial charge in [0.15, 0.2) is 0 Å². The Morgan fingerprint density at radius 1 is 1.47 bits per heavy atom. The van der Waals surface area contributed by atoms with Gasteiger partial charge >= 0.3 is 0 Å². The first-order valence-electron chi connectivity index (χ1n) is 4.45. The molecule has 3 N–H and O–H groups in total. The van der Waals surface area contributed by atoms with Crippen LogP contribution in [-0.2, 0) is 4.79 Å². The lowest BCUT2D eigenvalue weighted by atomic mass is 10.3. The van der Waals surface area contributed by atoms with E-state index in [4.69, 9.17) is 22.4 Å². The monoisotopic (exact) mass is 245 g/mol. The molecule has 1 unspecified atom stereocenters. The number of amides is 1. The minimum atomic E-state index is -1.05. The number of benzene rings is 1. The zero-order valence-electron chi connectivity index (χ0n) is 8.02. The number of aliphatic hydroxyl groups excluding tert-OH is 1. The first-order chi connectivity index (χ1) is 7.09. The highest BCUT2D eigenvalue weighted by Gasteiger charge is 2.09. The number of hydrogen-bond donors (Lipinski definition) is 2. The van der Waals surface area contributed by atoms with Crippen molar-refractivity contribution in [2.75, 3.05) is 5.75 Å². The first-order valence-corrected chi connectivity index (χ1v) is 5.81. The van der Waals surface area contributed by atoms with Gasteiger partial charge in [0, 0.05) is 15.7 Å².